The minimum atomic E-state index is -1.06. The van der Waals surface area contributed by atoms with E-state index in [9.17, 15) is 14.0 Å². The number of ether oxygens (including phenoxy) is 2. The number of esters is 1. The quantitative estimate of drug-likeness (QED) is 0.480. The third kappa shape index (κ3) is 4.25. The third-order valence-electron chi connectivity index (χ3n) is 3.18. The maximum absolute atomic E-state index is 13.2. The molecule has 0 N–H and O–H groups in total. The summed E-state index contributed by atoms with van der Waals surface area (Å²) in [7, 11) is 1.60. The largest absolute Gasteiger partial charge is 0.445 e. The fraction of sp³-hybridized carbons (Fsp3) is 0.375. The molecular formula is C16H18FNO4S. The Hall–Kier alpha value is -2.02. The first-order valence-corrected chi connectivity index (χ1v) is 8.16. The molecule has 1 aromatic carbocycles. The van der Waals surface area contributed by atoms with Crippen LogP contribution >= 0.6 is 11.8 Å². The zero-order valence-electron chi connectivity index (χ0n) is 13.4. The third-order valence-corrected chi connectivity index (χ3v) is 4.00. The molecule has 0 spiro atoms. The smallest absolute Gasteiger partial charge is 0.377 e. The first kappa shape index (κ1) is 17.3. The lowest BCUT2D eigenvalue weighted by Gasteiger charge is -2.17. The van der Waals surface area contributed by atoms with Crippen molar-refractivity contribution in [2.75, 3.05) is 13.3 Å². The highest BCUT2D eigenvalue weighted by Gasteiger charge is 2.38. The summed E-state index contributed by atoms with van der Waals surface area (Å²) in [6.07, 6.45) is 2.95. The van der Waals surface area contributed by atoms with Crippen LogP contribution in [0.4, 0.5) is 4.39 Å². The first-order chi connectivity index (χ1) is 10.7. The maximum Gasteiger partial charge on any atom is 0.377 e. The van der Waals surface area contributed by atoms with Crippen LogP contribution in [0, 0.1) is 5.82 Å². The second-order valence-corrected chi connectivity index (χ2v) is 6.40. The van der Waals surface area contributed by atoms with Crippen LogP contribution in [0.3, 0.4) is 0 Å². The standard InChI is InChI=1S/C16H18FNO4S/c1-16(2)21-12(15(20)22-16)8-14(19)18(3)9-10-5-6-11(17)7-13(10)23-4/h5-8H,9H2,1-4H3/b12-8-. The Labute approximate surface area is 138 Å². The number of nitrogens with zero attached hydrogens (tertiary/aromatic N) is 1. The van der Waals surface area contributed by atoms with Gasteiger partial charge in [0.05, 0.1) is 6.08 Å². The van der Waals surface area contributed by atoms with E-state index < -0.39 is 17.7 Å². The second-order valence-electron chi connectivity index (χ2n) is 5.55. The van der Waals surface area contributed by atoms with E-state index in [0.29, 0.717) is 0 Å². The van der Waals surface area contributed by atoms with Crippen molar-refractivity contribution >= 4 is 23.6 Å². The lowest BCUT2D eigenvalue weighted by molar-refractivity contribution is -0.159. The number of halogens is 1. The molecule has 7 heteroatoms. The lowest BCUT2D eigenvalue weighted by Crippen LogP contribution is -2.25. The molecule has 1 aliphatic heterocycles. The van der Waals surface area contributed by atoms with Gasteiger partial charge in [0.1, 0.15) is 5.82 Å². The molecule has 0 radical (unpaired) electrons. The Morgan fingerprint density at radius 3 is 2.65 bits per heavy atom. The lowest BCUT2D eigenvalue weighted by atomic mass is 10.2. The van der Waals surface area contributed by atoms with Gasteiger partial charge in [-0.1, -0.05) is 6.07 Å². The van der Waals surface area contributed by atoms with Gasteiger partial charge in [0.2, 0.25) is 11.5 Å². The zero-order valence-corrected chi connectivity index (χ0v) is 14.2. The van der Waals surface area contributed by atoms with Crippen LogP contribution in [0.1, 0.15) is 19.4 Å². The van der Waals surface area contributed by atoms with Crippen molar-refractivity contribution in [3.8, 4) is 0 Å². The summed E-state index contributed by atoms with van der Waals surface area (Å²) in [4.78, 5) is 26.0. The maximum atomic E-state index is 13.2. The zero-order chi connectivity index (χ0) is 17.2. The molecule has 1 aliphatic rings. The second kappa shape index (κ2) is 6.62. The van der Waals surface area contributed by atoms with Crippen LogP contribution in [0.2, 0.25) is 0 Å². The fourth-order valence-corrected chi connectivity index (χ4v) is 2.72. The molecule has 0 aromatic heterocycles. The number of carbonyl (C=O) groups excluding carboxylic acids is 2. The van der Waals surface area contributed by atoms with E-state index in [4.69, 9.17) is 9.47 Å². The van der Waals surface area contributed by atoms with Crippen molar-refractivity contribution in [2.24, 2.45) is 0 Å². The summed E-state index contributed by atoms with van der Waals surface area (Å²) < 4.78 is 23.5. The van der Waals surface area contributed by atoms with Crippen molar-refractivity contribution < 1.29 is 23.5 Å². The van der Waals surface area contributed by atoms with E-state index in [2.05, 4.69) is 0 Å². The predicted molar refractivity (Wildman–Crippen MR) is 84.0 cm³/mol. The number of carbonyl (C=O) groups is 2. The average Bonchev–Trinajstić information content (AvgIpc) is 2.72. The van der Waals surface area contributed by atoms with Crippen molar-refractivity contribution in [2.45, 2.75) is 31.1 Å². The topological polar surface area (TPSA) is 55.8 Å². The van der Waals surface area contributed by atoms with Gasteiger partial charge in [-0.15, -0.1) is 11.8 Å². The number of likely N-dealkylation sites (N-methyl/N-ethyl adjacent to an activating group) is 1. The van der Waals surface area contributed by atoms with E-state index in [1.165, 1.54) is 28.8 Å². The van der Waals surface area contributed by atoms with Crippen LogP contribution in [-0.2, 0) is 25.6 Å². The van der Waals surface area contributed by atoms with Gasteiger partial charge < -0.3 is 14.4 Å². The van der Waals surface area contributed by atoms with Gasteiger partial charge in [-0.25, -0.2) is 9.18 Å². The number of rotatable bonds is 4. The van der Waals surface area contributed by atoms with E-state index in [1.807, 2.05) is 6.26 Å². The van der Waals surface area contributed by atoms with Gasteiger partial charge in [0, 0.05) is 32.3 Å². The molecule has 23 heavy (non-hydrogen) atoms. The fourth-order valence-electron chi connectivity index (χ4n) is 2.09. The summed E-state index contributed by atoms with van der Waals surface area (Å²) in [5, 5.41) is 0. The molecule has 0 unspecified atom stereocenters. The Morgan fingerprint density at radius 2 is 2.09 bits per heavy atom. The molecule has 1 fully saturated rings. The number of hydrogen-bond donors (Lipinski definition) is 0. The Morgan fingerprint density at radius 1 is 1.39 bits per heavy atom. The van der Waals surface area contributed by atoms with E-state index in [0.717, 1.165) is 16.5 Å². The highest BCUT2D eigenvalue weighted by atomic mass is 32.2. The SMILES string of the molecule is CSc1cc(F)ccc1CN(C)C(=O)/C=C1\OC(C)(C)OC1=O. The summed E-state index contributed by atoms with van der Waals surface area (Å²) in [6.45, 7) is 3.46. The molecule has 0 aliphatic carbocycles. The number of amides is 1. The summed E-state index contributed by atoms with van der Waals surface area (Å²) in [5.74, 6) is -2.56. The highest BCUT2D eigenvalue weighted by molar-refractivity contribution is 7.98. The van der Waals surface area contributed by atoms with Crippen molar-refractivity contribution in [3.63, 3.8) is 0 Å². The first-order valence-electron chi connectivity index (χ1n) is 6.93. The Balaban J connectivity index is 2.11. The van der Waals surface area contributed by atoms with Crippen LogP contribution in [-0.4, -0.2) is 35.9 Å². The molecule has 124 valence electrons. The molecule has 2 rings (SSSR count). The average molecular weight is 339 g/mol. The summed E-state index contributed by atoms with van der Waals surface area (Å²) in [6, 6.07) is 4.42. The molecule has 1 aromatic rings. The van der Waals surface area contributed by atoms with Gasteiger partial charge >= 0.3 is 5.97 Å². The van der Waals surface area contributed by atoms with E-state index in [-0.39, 0.29) is 18.1 Å². The summed E-state index contributed by atoms with van der Waals surface area (Å²) >= 11 is 1.40. The van der Waals surface area contributed by atoms with E-state index >= 15 is 0 Å². The van der Waals surface area contributed by atoms with Gasteiger partial charge in [0.15, 0.2) is 0 Å². The van der Waals surface area contributed by atoms with Crippen molar-refractivity contribution in [1.82, 2.24) is 4.90 Å². The molecule has 0 bridgehead atoms. The van der Waals surface area contributed by atoms with Crippen LogP contribution in [0.15, 0.2) is 34.9 Å². The van der Waals surface area contributed by atoms with Crippen molar-refractivity contribution in [3.05, 3.63) is 41.4 Å². The number of cyclic esters (lactones) is 1. The van der Waals surface area contributed by atoms with Gasteiger partial charge in [-0.2, -0.15) is 0 Å². The number of benzene rings is 1. The monoisotopic (exact) mass is 339 g/mol. The van der Waals surface area contributed by atoms with Gasteiger partial charge in [0.25, 0.3) is 5.91 Å². The molecule has 1 amide bonds. The van der Waals surface area contributed by atoms with E-state index in [1.54, 1.807) is 27.0 Å². The summed E-state index contributed by atoms with van der Waals surface area (Å²) in [5.41, 5.74) is 0.823. The van der Waals surface area contributed by atoms with Crippen LogP contribution in [0.5, 0.6) is 0 Å². The minimum absolute atomic E-state index is 0.115. The predicted octanol–water partition coefficient (Wildman–Crippen LogP) is 2.70. The Bertz CT molecular complexity index is 672. The minimum Gasteiger partial charge on any atom is -0.445 e. The van der Waals surface area contributed by atoms with Crippen LogP contribution < -0.4 is 0 Å². The van der Waals surface area contributed by atoms with Gasteiger partial charge in [-0.3, -0.25) is 4.79 Å². The Kier molecular flexibility index (Phi) is 4.99. The molecule has 1 heterocycles. The molecular weight excluding hydrogens is 321 g/mol. The molecule has 1 saturated heterocycles. The number of hydrogen-bond acceptors (Lipinski definition) is 5. The normalized spacial score (nSPS) is 17.8. The molecule has 0 saturated carbocycles. The highest BCUT2D eigenvalue weighted by Crippen LogP contribution is 2.26. The molecule has 0 atom stereocenters. The number of thioether (sulfide) groups is 1. The van der Waals surface area contributed by atoms with Gasteiger partial charge in [-0.05, 0) is 24.0 Å². The van der Waals surface area contributed by atoms with Crippen molar-refractivity contribution in [1.29, 1.82) is 0 Å². The van der Waals surface area contributed by atoms with Crippen LogP contribution in [0.25, 0.3) is 0 Å². The molecule has 5 nitrogen and oxygen atoms in total.